The van der Waals surface area contributed by atoms with Gasteiger partial charge in [0, 0.05) is 12.8 Å². The minimum Gasteiger partial charge on any atom is -0.348 e. The Bertz CT molecular complexity index is 1560. The minimum absolute atomic E-state index is 0. The van der Waals surface area contributed by atoms with Crippen molar-refractivity contribution in [3.63, 3.8) is 0 Å². The van der Waals surface area contributed by atoms with Crippen LogP contribution in [0.5, 0.6) is 0 Å². The van der Waals surface area contributed by atoms with Crippen molar-refractivity contribution in [2.45, 2.75) is 292 Å². The molecule has 0 unspecified atom stereocenters. The van der Waals surface area contributed by atoms with Crippen LogP contribution in [0.1, 0.15) is 301 Å². The molecule has 0 spiro atoms. The van der Waals surface area contributed by atoms with Crippen LogP contribution in [0.15, 0.2) is 59.7 Å². The van der Waals surface area contributed by atoms with Gasteiger partial charge >= 0.3 is 26.3 Å². The molecular weight excluding hydrogens is 915 g/mol. The fourth-order valence-electron chi connectivity index (χ4n) is 8.75. The van der Waals surface area contributed by atoms with Gasteiger partial charge in [0.25, 0.3) is 0 Å². The molecule has 3 heteroatoms. The monoisotopic (exact) mass is 1020 g/mol. The van der Waals surface area contributed by atoms with Gasteiger partial charge in [-0.1, -0.05) is 263 Å². The van der Waals surface area contributed by atoms with Gasteiger partial charge in [-0.25, -0.2) is 0 Å². The second-order valence-electron chi connectivity index (χ2n) is 19.3. The third kappa shape index (κ3) is 38.3. The summed E-state index contributed by atoms with van der Waals surface area (Å²) >= 11 is 0. The summed E-state index contributed by atoms with van der Waals surface area (Å²) < 4.78 is 0. The number of unbranched alkanes of at least 4 members (excludes halogenated alkanes) is 28. The average Bonchev–Trinajstić information content (AvgIpc) is 3.35. The summed E-state index contributed by atoms with van der Waals surface area (Å²) in [5.74, 6) is 10.2. The second-order valence-corrected chi connectivity index (χ2v) is 19.3. The van der Waals surface area contributed by atoms with Crippen molar-refractivity contribution in [2.75, 3.05) is 0 Å². The van der Waals surface area contributed by atoms with Crippen LogP contribution in [-0.4, -0.2) is 10.7 Å². The van der Waals surface area contributed by atoms with Crippen molar-refractivity contribution in [1.82, 2.24) is 0 Å². The van der Waals surface area contributed by atoms with E-state index in [0.717, 1.165) is 76.2 Å². The van der Waals surface area contributed by atoms with Crippen LogP contribution >= 0.6 is 0 Å². The van der Waals surface area contributed by atoms with Crippen molar-refractivity contribution >= 4 is 11.4 Å². The first kappa shape index (κ1) is 67.6. The van der Waals surface area contributed by atoms with Gasteiger partial charge < -0.3 is 19.4 Å². The van der Waals surface area contributed by atoms with Gasteiger partial charge in [0.15, 0.2) is 0 Å². The maximum atomic E-state index is 9.87. The molecule has 2 rings (SSSR count). The molecule has 0 radical (unpaired) electrons. The zero-order valence-corrected chi connectivity index (χ0v) is 47.4. The largest absolute Gasteiger partial charge is 2.00 e. The summed E-state index contributed by atoms with van der Waals surface area (Å²) in [4.78, 5) is 3.53. The zero-order valence-electron chi connectivity index (χ0n) is 45.8. The Morgan fingerprint density at radius 2 is 0.941 bits per heavy atom. The van der Waals surface area contributed by atoms with Gasteiger partial charge in [-0.15, -0.1) is 16.6 Å². The molecular formula is C65H108N2Pd. The van der Waals surface area contributed by atoms with E-state index in [9.17, 15) is 5.53 Å². The molecule has 0 amide bonds. The van der Waals surface area contributed by atoms with Crippen molar-refractivity contribution in [3.8, 4) is 11.8 Å². The second kappa shape index (κ2) is 53.9. The van der Waals surface area contributed by atoms with Crippen molar-refractivity contribution < 1.29 is 25.2 Å². The van der Waals surface area contributed by atoms with Crippen LogP contribution in [0.2, 0.25) is 0 Å². The van der Waals surface area contributed by atoms with Crippen LogP contribution in [0.3, 0.4) is 0 Å². The molecule has 2 aromatic carbocycles. The van der Waals surface area contributed by atoms with E-state index in [1.807, 2.05) is 0 Å². The summed E-state index contributed by atoms with van der Waals surface area (Å²) in [6.07, 6.45) is 48.8. The zero-order chi connectivity index (χ0) is 49.1. The Balaban J connectivity index is 0. The predicted molar refractivity (Wildman–Crippen MR) is 302 cm³/mol. The Labute approximate surface area is 439 Å². The molecule has 68 heavy (non-hydrogen) atoms. The first-order chi connectivity index (χ1) is 33.0. The predicted octanol–water partition coefficient (Wildman–Crippen LogP) is 21.6. The normalized spacial score (nSPS) is 10.8. The van der Waals surface area contributed by atoms with E-state index in [-0.39, 0.29) is 20.4 Å². The molecule has 0 heterocycles. The molecule has 0 saturated heterocycles. The van der Waals surface area contributed by atoms with Gasteiger partial charge in [-0.3, -0.25) is 0 Å². The van der Waals surface area contributed by atoms with Crippen LogP contribution < -0.4 is 0 Å². The van der Waals surface area contributed by atoms with Crippen LogP contribution in [0.25, 0.3) is 11.1 Å². The molecule has 0 saturated carbocycles. The van der Waals surface area contributed by atoms with E-state index < -0.39 is 0 Å². The molecule has 0 aliphatic rings. The molecule has 0 fully saturated rings. The van der Waals surface area contributed by atoms with Crippen LogP contribution in [0, 0.1) is 25.7 Å². The average molecular weight is 1020 g/mol. The van der Waals surface area contributed by atoms with Gasteiger partial charge in [-0.2, -0.15) is 12.8 Å². The SMILES string of the molecule is CCCCCCCCCCCCCCCC#CCCc1ccccc1C(=C(CCCC)C(=C=[N+]=[N-])CCCCCCCC)c1cccc(CCCC)c1.[CH2-]CCCCCC.[CH2-]CCCCCC.[Pd+2]. The fraction of sp³-hybridized carbons (Fsp3) is 0.692. The number of hydrogen-bond acceptors (Lipinski definition) is 0. The first-order valence-corrected chi connectivity index (χ1v) is 28.9. The quantitative estimate of drug-likeness (QED) is 0.00935. The van der Waals surface area contributed by atoms with E-state index in [1.54, 1.807) is 0 Å². The Morgan fingerprint density at radius 3 is 1.46 bits per heavy atom. The summed E-state index contributed by atoms with van der Waals surface area (Å²) in [6.45, 7) is 21.1. The Hall–Kier alpha value is -2.44. The van der Waals surface area contributed by atoms with E-state index in [4.69, 9.17) is 0 Å². The maximum absolute atomic E-state index is 9.87. The van der Waals surface area contributed by atoms with E-state index in [1.165, 1.54) is 213 Å². The smallest absolute Gasteiger partial charge is 0.348 e. The topological polar surface area (TPSA) is 36.4 Å². The maximum Gasteiger partial charge on any atom is 2.00 e. The van der Waals surface area contributed by atoms with Crippen LogP contribution in [0.4, 0.5) is 0 Å². The van der Waals surface area contributed by atoms with Crippen LogP contribution in [-0.2, 0) is 33.3 Å². The van der Waals surface area contributed by atoms with Gasteiger partial charge in [0.2, 0.25) is 0 Å². The van der Waals surface area contributed by atoms with Gasteiger partial charge in [0.1, 0.15) is 0 Å². The number of benzene rings is 2. The Kier molecular flexibility index (Phi) is 53.6. The van der Waals surface area contributed by atoms with Gasteiger partial charge in [0.05, 0.1) is 5.57 Å². The molecule has 0 N–H and O–H groups in total. The molecule has 388 valence electrons. The molecule has 2 aromatic rings. The third-order valence-corrected chi connectivity index (χ3v) is 13.0. The van der Waals surface area contributed by atoms with E-state index >= 15 is 0 Å². The van der Waals surface area contributed by atoms with E-state index in [0.29, 0.717) is 0 Å². The molecule has 0 atom stereocenters. The summed E-state index contributed by atoms with van der Waals surface area (Å²) in [5, 5.41) is 0. The number of aryl methyl sites for hydroxylation is 2. The molecule has 0 bridgehead atoms. The molecule has 2 nitrogen and oxygen atoms in total. The fourth-order valence-corrected chi connectivity index (χ4v) is 8.75. The van der Waals surface area contributed by atoms with E-state index in [2.05, 4.69) is 126 Å². The number of nitrogens with zero attached hydrogens (tertiary/aromatic N) is 2. The summed E-state index contributed by atoms with van der Waals surface area (Å²) in [7, 11) is 0. The molecule has 0 aromatic heterocycles. The third-order valence-electron chi connectivity index (χ3n) is 13.0. The number of allylic oxidation sites excluding steroid dienone is 2. The summed E-state index contributed by atoms with van der Waals surface area (Å²) in [5.41, 5.74) is 18.8. The van der Waals surface area contributed by atoms with Crippen molar-refractivity contribution in [1.29, 1.82) is 0 Å². The molecule has 0 aliphatic carbocycles. The minimum atomic E-state index is 0. The van der Waals surface area contributed by atoms with Crippen molar-refractivity contribution in [3.05, 3.63) is 101 Å². The first-order valence-electron chi connectivity index (χ1n) is 28.9. The number of rotatable bonds is 39. The summed E-state index contributed by atoms with van der Waals surface area (Å²) in [6, 6.07) is 18.2. The van der Waals surface area contributed by atoms with Gasteiger partial charge in [-0.05, 0) is 84.8 Å². The Morgan fingerprint density at radius 1 is 0.471 bits per heavy atom. The number of hydrogen-bond donors (Lipinski definition) is 0. The van der Waals surface area contributed by atoms with Crippen molar-refractivity contribution in [2.24, 2.45) is 0 Å². The standard InChI is InChI=1S/C51H78N2.2C7H15.Pd/c1-5-9-13-15-17-18-19-20-21-22-23-24-25-26-27-29-30-37-46-38-32-33-42-49(46)51(47-40-34-36-45(43-47)35-11-7-3)50(41-12-8-4)48(44-53-52)39-31-28-16-14-10-6-2;2*1-3-5-7-6-4-2;/h32-34,36,38,40,42-43H,5-26,28,30-31,35,37,39,41H2,1-4H3;2*1,3-7H2,2H3;/q;2*-1;+2. The molecule has 0 aliphatic heterocycles.